The number of nitrogens with zero attached hydrogens (tertiary/aromatic N) is 4. The topological polar surface area (TPSA) is 94.0 Å². The third-order valence-corrected chi connectivity index (χ3v) is 8.47. The second-order valence-corrected chi connectivity index (χ2v) is 11.1. The van der Waals surface area contributed by atoms with Gasteiger partial charge in [-0.25, -0.2) is 18.7 Å². The van der Waals surface area contributed by atoms with Crippen molar-refractivity contribution >= 4 is 18.0 Å². The Morgan fingerprint density at radius 3 is 2.16 bits per heavy atom. The molecule has 4 aromatic rings. The fourth-order valence-electron chi connectivity index (χ4n) is 6.09. The Balaban J connectivity index is 1.18. The van der Waals surface area contributed by atoms with Gasteiger partial charge in [0.1, 0.15) is 11.6 Å². The van der Waals surface area contributed by atoms with Crippen LogP contribution in [0.25, 0.3) is 5.69 Å². The van der Waals surface area contributed by atoms with Crippen LogP contribution in [0.3, 0.4) is 0 Å². The molecule has 44 heavy (non-hydrogen) atoms. The Labute approximate surface area is 254 Å². The molecule has 6 rings (SSSR count). The van der Waals surface area contributed by atoms with Gasteiger partial charge in [-0.2, -0.15) is 5.10 Å². The molecule has 1 unspecified atom stereocenters. The average Bonchev–Trinajstić information content (AvgIpc) is 3.74. The zero-order chi connectivity index (χ0) is 30.6. The summed E-state index contributed by atoms with van der Waals surface area (Å²) in [5, 5.41) is 4.61. The molecule has 3 aromatic carbocycles. The summed E-state index contributed by atoms with van der Waals surface area (Å²) in [5.41, 5.74) is 3.57. The van der Waals surface area contributed by atoms with Crippen molar-refractivity contribution < 1.29 is 28.2 Å². The normalized spacial score (nSPS) is 17.0. The minimum Gasteiger partial charge on any atom is -0.465 e. The maximum atomic E-state index is 13.9. The van der Waals surface area contributed by atoms with Crippen LogP contribution in [-0.4, -0.2) is 70.8 Å². The number of hydrogen-bond acceptors (Lipinski definition) is 6. The quantitative estimate of drug-likeness (QED) is 0.261. The van der Waals surface area contributed by atoms with Crippen molar-refractivity contribution in [1.82, 2.24) is 19.6 Å². The maximum absolute atomic E-state index is 13.9. The lowest BCUT2D eigenvalue weighted by Crippen LogP contribution is -2.40. The summed E-state index contributed by atoms with van der Waals surface area (Å²) in [6, 6.07) is 22.5. The van der Waals surface area contributed by atoms with Crippen LogP contribution in [0.5, 0.6) is 5.75 Å². The Kier molecular flexibility index (Phi) is 8.40. The summed E-state index contributed by atoms with van der Waals surface area (Å²) >= 11 is 0. The summed E-state index contributed by atoms with van der Waals surface area (Å²) < 4.78 is 25.8. The summed E-state index contributed by atoms with van der Waals surface area (Å²) in [5.74, 6) is -0.340. The Morgan fingerprint density at radius 2 is 1.48 bits per heavy atom. The molecule has 2 amide bonds. The summed E-state index contributed by atoms with van der Waals surface area (Å²) in [7, 11) is 1.30. The number of aromatic nitrogens is 2. The highest BCUT2D eigenvalue weighted by atomic mass is 19.1. The Morgan fingerprint density at radius 1 is 0.818 bits per heavy atom. The first-order valence-corrected chi connectivity index (χ1v) is 14.7. The summed E-state index contributed by atoms with van der Waals surface area (Å²) in [6.07, 6.45) is 3.21. The summed E-state index contributed by atoms with van der Waals surface area (Å²) in [4.78, 5) is 42.1. The van der Waals surface area contributed by atoms with Crippen molar-refractivity contribution in [3.05, 3.63) is 113 Å². The van der Waals surface area contributed by atoms with Gasteiger partial charge in [-0.3, -0.25) is 4.79 Å². The number of rotatable bonds is 6. The van der Waals surface area contributed by atoms with Crippen LogP contribution in [0.2, 0.25) is 0 Å². The van der Waals surface area contributed by atoms with Gasteiger partial charge in [0.15, 0.2) is 0 Å². The van der Waals surface area contributed by atoms with Crippen molar-refractivity contribution in [3.63, 3.8) is 0 Å². The van der Waals surface area contributed by atoms with Gasteiger partial charge >= 0.3 is 12.1 Å². The molecule has 2 aliphatic heterocycles. The van der Waals surface area contributed by atoms with Gasteiger partial charge in [0, 0.05) is 38.0 Å². The van der Waals surface area contributed by atoms with E-state index in [0.717, 1.165) is 12.1 Å². The maximum Gasteiger partial charge on any atom is 0.415 e. The standard InChI is InChI=1S/C34H33FN4O5/c1-43-33(41)25-7-13-29(14-8-25)44-34(42)37-18-15-24(16-19-37)31-30(21-36-39(31)28-11-9-27(35)10-12-28)32(40)38-20-17-26(22-38)23-5-3-2-4-6-23/h2-14,21,24,26H,15-20,22H2,1H3. The van der Waals surface area contributed by atoms with E-state index in [0.29, 0.717) is 61.6 Å². The molecule has 0 spiro atoms. The fraction of sp³-hybridized carbons (Fsp3) is 0.294. The van der Waals surface area contributed by atoms with Gasteiger partial charge in [0.05, 0.1) is 35.8 Å². The lowest BCUT2D eigenvalue weighted by Gasteiger charge is -2.32. The van der Waals surface area contributed by atoms with Gasteiger partial charge < -0.3 is 19.3 Å². The SMILES string of the molecule is COC(=O)c1ccc(OC(=O)N2CCC(c3c(C(=O)N4CCC(c5ccccc5)C4)cnn3-c3ccc(F)cc3)CC2)cc1. The molecule has 3 heterocycles. The molecule has 0 bridgehead atoms. The number of benzene rings is 3. The van der Waals surface area contributed by atoms with Crippen molar-refractivity contribution in [2.24, 2.45) is 0 Å². The molecular weight excluding hydrogens is 563 g/mol. The highest BCUT2D eigenvalue weighted by Gasteiger charge is 2.35. The molecular formula is C34H33FN4O5. The van der Waals surface area contributed by atoms with Gasteiger partial charge in [-0.05, 0) is 73.4 Å². The van der Waals surface area contributed by atoms with Crippen molar-refractivity contribution in [2.45, 2.75) is 31.1 Å². The number of carbonyl (C=O) groups excluding carboxylic acids is 3. The Bertz CT molecular complexity index is 1630. The Hall–Kier alpha value is -4.99. The molecule has 1 aromatic heterocycles. The van der Waals surface area contributed by atoms with Crippen LogP contribution in [0, 0.1) is 5.82 Å². The average molecular weight is 597 g/mol. The van der Waals surface area contributed by atoms with E-state index in [9.17, 15) is 18.8 Å². The van der Waals surface area contributed by atoms with Gasteiger partial charge in [0.25, 0.3) is 5.91 Å². The molecule has 2 fully saturated rings. The molecule has 0 aliphatic carbocycles. The van der Waals surface area contributed by atoms with Crippen molar-refractivity contribution in [2.75, 3.05) is 33.3 Å². The van der Waals surface area contributed by atoms with Crippen LogP contribution in [0.4, 0.5) is 9.18 Å². The molecule has 2 aliphatic rings. The third-order valence-electron chi connectivity index (χ3n) is 8.47. The van der Waals surface area contributed by atoms with E-state index in [1.165, 1.54) is 36.9 Å². The van der Waals surface area contributed by atoms with Crippen LogP contribution in [0.1, 0.15) is 63.1 Å². The van der Waals surface area contributed by atoms with Crippen LogP contribution in [-0.2, 0) is 4.74 Å². The van der Waals surface area contributed by atoms with E-state index < -0.39 is 12.1 Å². The lowest BCUT2D eigenvalue weighted by molar-refractivity contribution is 0.0600. The molecule has 1 atom stereocenters. The molecule has 2 saturated heterocycles. The smallest absolute Gasteiger partial charge is 0.415 e. The first kappa shape index (κ1) is 29.1. The van der Waals surface area contributed by atoms with E-state index >= 15 is 0 Å². The molecule has 10 heteroatoms. The molecule has 9 nitrogen and oxygen atoms in total. The number of amides is 2. The minimum absolute atomic E-state index is 0.0579. The van der Waals surface area contributed by atoms with Gasteiger partial charge in [0.2, 0.25) is 0 Å². The van der Waals surface area contributed by atoms with E-state index in [1.54, 1.807) is 40.0 Å². The largest absolute Gasteiger partial charge is 0.465 e. The fourth-order valence-corrected chi connectivity index (χ4v) is 6.09. The predicted octanol–water partition coefficient (Wildman–Crippen LogP) is 5.81. The van der Waals surface area contributed by atoms with Crippen molar-refractivity contribution in [1.29, 1.82) is 0 Å². The molecule has 226 valence electrons. The number of likely N-dealkylation sites (tertiary alicyclic amines) is 2. The van der Waals surface area contributed by atoms with E-state index in [2.05, 4.69) is 17.2 Å². The zero-order valence-corrected chi connectivity index (χ0v) is 24.4. The number of ether oxygens (including phenoxy) is 2. The number of piperidine rings is 1. The highest BCUT2D eigenvalue weighted by molar-refractivity contribution is 5.96. The number of methoxy groups -OCH3 is 1. The van der Waals surface area contributed by atoms with Gasteiger partial charge in [-0.1, -0.05) is 30.3 Å². The van der Waals surface area contributed by atoms with Crippen molar-refractivity contribution in [3.8, 4) is 11.4 Å². The second kappa shape index (κ2) is 12.7. The monoisotopic (exact) mass is 596 g/mol. The third kappa shape index (κ3) is 6.06. The predicted molar refractivity (Wildman–Crippen MR) is 161 cm³/mol. The minimum atomic E-state index is -0.485. The van der Waals surface area contributed by atoms with Crippen LogP contribution < -0.4 is 4.74 Å². The molecule has 0 saturated carbocycles. The number of hydrogen-bond donors (Lipinski definition) is 0. The number of carbonyl (C=O) groups is 3. The first-order valence-electron chi connectivity index (χ1n) is 14.7. The second-order valence-electron chi connectivity index (χ2n) is 11.1. The molecule has 0 N–H and O–H groups in total. The lowest BCUT2D eigenvalue weighted by atomic mass is 9.90. The van der Waals surface area contributed by atoms with Crippen LogP contribution in [0.15, 0.2) is 85.1 Å². The zero-order valence-electron chi connectivity index (χ0n) is 24.4. The molecule has 0 radical (unpaired) electrons. The summed E-state index contributed by atoms with van der Waals surface area (Å²) in [6.45, 7) is 2.14. The van der Waals surface area contributed by atoms with E-state index in [-0.39, 0.29) is 23.6 Å². The highest BCUT2D eigenvalue weighted by Crippen LogP contribution is 2.35. The first-order chi connectivity index (χ1) is 21.4. The van der Waals surface area contributed by atoms with E-state index in [4.69, 9.17) is 9.47 Å². The van der Waals surface area contributed by atoms with Crippen LogP contribution >= 0.6 is 0 Å². The van der Waals surface area contributed by atoms with E-state index in [1.807, 2.05) is 23.1 Å². The number of esters is 1. The number of halogens is 1. The van der Waals surface area contributed by atoms with Gasteiger partial charge in [-0.15, -0.1) is 0 Å².